The first-order valence-corrected chi connectivity index (χ1v) is 4.25. The van der Waals surface area contributed by atoms with E-state index in [1.807, 2.05) is 0 Å². The normalized spacial score (nSPS) is 16.1. The summed E-state index contributed by atoms with van der Waals surface area (Å²) in [6.07, 6.45) is 0.0623. The molecule has 0 fully saturated rings. The molecule has 1 aromatic carbocycles. The third kappa shape index (κ3) is 1.48. The largest absolute Gasteiger partial charge is 0.496 e. The molecule has 1 heterocycles. The Labute approximate surface area is 85.4 Å². The van der Waals surface area contributed by atoms with Crippen LogP contribution in [0, 0.1) is 0 Å². The molecule has 0 aliphatic carbocycles. The number of rotatable bonds is 3. The first-order valence-electron chi connectivity index (χ1n) is 5.25. The molecule has 4 heteroatoms. The fraction of sp³-hybridized carbons (Fsp3) is 0.400. The number of aryl methyl sites for hydroxylation is 1. The third-order valence-corrected chi connectivity index (χ3v) is 2.07. The minimum absolute atomic E-state index is 0.0623. The predicted molar refractivity (Wildman–Crippen MR) is 51.9 cm³/mol. The zero-order valence-electron chi connectivity index (χ0n) is 9.87. The Hall–Kier alpha value is -1.42. The highest BCUT2D eigenvalue weighted by Gasteiger charge is 2.17. The fourth-order valence-electron chi connectivity index (χ4n) is 1.40. The van der Waals surface area contributed by atoms with Crippen LogP contribution in [0.1, 0.15) is 8.30 Å². The Morgan fingerprint density at radius 1 is 1.50 bits per heavy atom. The summed E-state index contributed by atoms with van der Waals surface area (Å²) < 4.78 is 30.3. The number of nitrogens with two attached hydrogens (primary N) is 1. The van der Waals surface area contributed by atoms with Crippen molar-refractivity contribution in [2.45, 2.75) is 6.42 Å². The number of methoxy groups -OCH3 is 1. The van der Waals surface area contributed by atoms with Gasteiger partial charge < -0.3 is 19.9 Å². The van der Waals surface area contributed by atoms with E-state index in [9.17, 15) is 0 Å². The van der Waals surface area contributed by atoms with Crippen LogP contribution in [-0.4, -0.2) is 20.4 Å². The van der Waals surface area contributed by atoms with E-state index in [1.54, 1.807) is 12.1 Å². The van der Waals surface area contributed by atoms with E-state index >= 15 is 0 Å². The van der Waals surface area contributed by atoms with E-state index in [1.165, 1.54) is 7.11 Å². The van der Waals surface area contributed by atoms with Crippen molar-refractivity contribution >= 4 is 0 Å². The maximum absolute atomic E-state index is 7.35. The molecule has 0 spiro atoms. The molecule has 4 nitrogen and oxygen atoms in total. The number of ether oxygens (including phenoxy) is 3. The maximum Gasteiger partial charge on any atom is 0.231 e. The highest BCUT2D eigenvalue weighted by Crippen LogP contribution is 2.38. The molecular formula is C10H13NO3. The average molecular weight is 197 g/mol. The standard InChI is InChI=1S/C10H13NO3/c1-12-8-5-10-9(13-6-14-10)4-7(8)2-3-11/h4-5H,2-3,6,11H2,1H3/i3D2. The number of benzene rings is 1. The van der Waals surface area contributed by atoms with Gasteiger partial charge >= 0.3 is 0 Å². The van der Waals surface area contributed by atoms with Gasteiger partial charge in [0, 0.05) is 8.81 Å². The van der Waals surface area contributed by atoms with Crippen LogP contribution in [0.15, 0.2) is 12.1 Å². The van der Waals surface area contributed by atoms with Gasteiger partial charge in [0.15, 0.2) is 11.5 Å². The summed E-state index contributed by atoms with van der Waals surface area (Å²) in [5.74, 6) is 1.76. The third-order valence-electron chi connectivity index (χ3n) is 2.07. The van der Waals surface area contributed by atoms with E-state index < -0.39 is 6.50 Å². The highest BCUT2D eigenvalue weighted by molar-refractivity contribution is 5.51. The Morgan fingerprint density at radius 2 is 2.21 bits per heavy atom. The van der Waals surface area contributed by atoms with Crippen molar-refractivity contribution in [3.8, 4) is 17.2 Å². The fourth-order valence-corrected chi connectivity index (χ4v) is 1.40. The Balaban J connectivity index is 2.36. The second-order valence-corrected chi connectivity index (χ2v) is 2.90. The van der Waals surface area contributed by atoms with Gasteiger partial charge in [0.1, 0.15) is 5.75 Å². The van der Waals surface area contributed by atoms with Gasteiger partial charge in [-0.1, -0.05) is 0 Å². The molecule has 0 saturated carbocycles. The Kier molecular flexibility index (Phi) is 1.86. The summed E-state index contributed by atoms with van der Waals surface area (Å²) in [6, 6.07) is 3.38. The molecule has 0 atom stereocenters. The second kappa shape index (κ2) is 3.75. The molecule has 1 aliphatic heterocycles. The molecule has 14 heavy (non-hydrogen) atoms. The lowest BCUT2D eigenvalue weighted by atomic mass is 10.1. The summed E-state index contributed by atoms with van der Waals surface area (Å²) in [5, 5.41) is 0. The molecule has 1 aliphatic rings. The van der Waals surface area contributed by atoms with E-state index in [2.05, 4.69) is 0 Å². The van der Waals surface area contributed by atoms with Crippen LogP contribution >= 0.6 is 0 Å². The molecule has 0 saturated heterocycles. The molecule has 0 bridgehead atoms. The van der Waals surface area contributed by atoms with Crippen LogP contribution in [0.2, 0.25) is 0 Å². The first kappa shape index (κ1) is 6.95. The maximum atomic E-state index is 7.35. The van der Waals surface area contributed by atoms with E-state index in [0.717, 1.165) is 0 Å². The first-order chi connectivity index (χ1) is 7.49. The van der Waals surface area contributed by atoms with Crippen LogP contribution in [0.3, 0.4) is 0 Å². The molecule has 76 valence electrons. The van der Waals surface area contributed by atoms with Crippen molar-refractivity contribution in [1.82, 2.24) is 0 Å². The van der Waals surface area contributed by atoms with Crippen molar-refractivity contribution < 1.29 is 17.0 Å². The minimum atomic E-state index is -1.78. The zero-order chi connectivity index (χ0) is 11.8. The van der Waals surface area contributed by atoms with E-state index in [4.69, 9.17) is 22.7 Å². The van der Waals surface area contributed by atoms with Crippen molar-refractivity contribution in [3.05, 3.63) is 17.7 Å². The lowest BCUT2D eigenvalue weighted by Gasteiger charge is -2.08. The second-order valence-electron chi connectivity index (χ2n) is 2.90. The monoisotopic (exact) mass is 197 g/mol. The molecule has 0 unspecified atom stereocenters. The minimum Gasteiger partial charge on any atom is -0.496 e. The summed E-state index contributed by atoms with van der Waals surface area (Å²) in [6.45, 7) is -1.60. The zero-order valence-corrected chi connectivity index (χ0v) is 7.87. The number of hydrogen-bond donors (Lipinski definition) is 1. The topological polar surface area (TPSA) is 53.7 Å². The van der Waals surface area contributed by atoms with Gasteiger partial charge in [-0.2, -0.15) is 0 Å². The van der Waals surface area contributed by atoms with Crippen molar-refractivity contribution in [1.29, 1.82) is 0 Å². The summed E-state index contributed by atoms with van der Waals surface area (Å²) in [4.78, 5) is 0. The summed E-state index contributed by atoms with van der Waals surface area (Å²) in [7, 11) is 1.52. The van der Waals surface area contributed by atoms with Crippen molar-refractivity contribution in [2.75, 3.05) is 20.4 Å². The Bertz CT molecular complexity index is 404. The SMILES string of the molecule is [2H]C([2H])(N)Cc1cc2c(cc1OC)OCO2. The molecule has 2 N–H and O–H groups in total. The van der Waals surface area contributed by atoms with Gasteiger partial charge in [-0.05, 0) is 24.5 Å². The average Bonchev–Trinajstić information content (AvgIpc) is 2.60. The molecule has 0 amide bonds. The van der Waals surface area contributed by atoms with Crippen molar-refractivity contribution in [3.63, 3.8) is 0 Å². The van der Waals surface area contributed by atoms with Crippen LogP contribution in [0.5, 0.6) is 17.2 Å². The van der Waals surface area contributed by atoms with Crippen LogP contribution < -0.4 is 19.9 Å². The van der Waals surface area contributed by atoms with Crippen molar-refractivity contribution in [2.24, 2.45) is 5.73 Å². The van der Waals surface area contributed by atoms with Gasteiger partial charge in [0.2, 0.25) is 6.79 Å². The van der Waals surface area contributed by atoms with Crippen LogP contribution in [0.25, 0.3) is 0 Å². The highest BCUT2D eigenvalue weighted by atomic mass is 16.7. The smallest absolute Gasteiger partial charge is 0.231 e. The Morgan fingerprint density at radius 3 is 2.86 bits per heavy atom. The van der Waals surface area contributed by atoms with Crippen LogP contribution in [-0.2, 0) is 6.42 Å². The summed E-state index contributed by atoms with van der Waals surface area (Å²) in [5.41, 5.74) is 6.01. The summed E-state index contributed by atoms with van der Waals surface area (Å²) >= 11 is 0. The van der Waals surface area contributed by atoms with Gasteiger partial charge in [0.25, 0.3) is 0 Å². The number of hydrogen-bond acceptors (Lipinski definition) is 4. The molecule has 2 rings (SSSR count). The van der Waals surface area contributed by atoms with E-state index in [-0.39, 0.29) is 13.2 Å². The number of fused-ring (bicyclic) bond motifs is 1. The quantitative estimate of drug-likeness (QED) is 0.783. The molecule has 1 aromatic rings. The predicted octanol–water partition coefficient (Wildman–Crippen LogP) is 0.925. The van der Waals surface area contributed by atoms with Gasteiger partial charge in [-0.25, -0.2) is 0 Å². The van der Waals surface area contributed by atoms with E-state index in [0.29, 0.717) is 22.8 Å². The van der Waals surface area contributed by atoms with Gasteiger partial charge in [-0.15, -0.1) is 0 Å². The molecular weight excluding hydrogens is 182 g/mol. The van der Waals surface area contributed by atoms with Gasteiger partial charge in [-0.3, -0.25) is 0 Å². The van der Waals surface area contributed by atoms with Gasteiger partial charge in [0.05, 0.1) is 7.11 Å². The molecule has 0 aromatic heterocycles. The van der Waals surface area contributed by atoms with Crippen LogP contribution in [0.4, 0.5) is 0 Å². The molecule has 0 radical (unpaired) electrons. The lowest BCUT2D eigenvalue weighted by Crippen LogP contribution is -2.04. The lowest BCUT2D eigenvalue weighted by molar-refractivity contribution is 0.174.